The second kappa shape index (κ2) is 9.67. The van der Waals surface area contributed by atoms with E-state index in [1.54, 1.807) is 25.1 Å². The first-order chi connectivity index (χ1) is 14.4. The summed E-state index contributed by atoms with van der Waals surface area (Å²) in [7, 11) is -2.15. The molecule has 1 unspecified atom stereocenters. The van der Waals surface area contributed by atoms with Gasteiger partial charge >= 0.3 is 0 Å². The molecule has 0 fully saturated rings. The Morgan fingerprint density at radius 2 is 1.57 bits per heavy atom. The molecule has 3 rings (SSSR count). The zero-order valence-corrected chi connectivity index (χ0v) is 17.6. The Kier molecular flexibility index (Phi) is 6.99. The van der Waals surface area contributed by atoms with Crippen LogP contribution in [-0.2, 0) is 14.8 Å². The summed E-state index contributed by atoms with van der Waals surface area (Å²) < 4.78 is 32.3. The number of amides is 1. The van der Waals surface area contributed by atoms with Crippen molar-refractivity contribution in [3.8, 4) is 11.1 Å². The summed E-state index contributed by atoms with van der Waals surface area (Å²) in [5.41, 5.74) is 2.81. The van der Waals surface area contributed by atoms with Crippen LogP contribution in [0.25, 0.3) is 11.1 Å². The summed E-state index contributed by atoms with van der Waals surface area (Å²) in [5, 5.41) is 2.83. The quantitative estimate of drug-likeness (QED) is 0.574. The Labute approximate surface area is 177 Å². The van der Waals surface area contributed by atoms with Crippen LogP contribution in [0.15, 0.2) is 83.8 Å². The smallest absolute Gasteiger partial charge is 0.256 e. The fraction of sp³-hybridized carbons (Fsp3) is 0.174. The number of rotatable bonds is 8. The summed E-state index contributed by atoms with van der Waals surface area (Å²) in [6, 6.07) is 22.7. The van der Waals surface area contributed by atoms with Crippen LogP contribution in [0.3, 0.4) is 0 Å². The first-order valence-corrected chi connectivity index (χ1v) is 11.0. The summed E-state index contributed by atoms with van der Waals surface area (Å²) in [4.78, 5) is 13.0. The first-order valence-electron chi connectivity index (χ1n) is 9.48. The fourth-order valence-corrected chi connectivity index (χ4v) is 4.31. The lowest BCUT2D eigenvalue weighted by atomic mass is 9.99. The highest BCUT2D eigenvalue weighted by molar-refractivity contribution is 7.89. The highest BCUT2D eigenvalue weighted by Crippen LogP contribution is 2.24. The van der Waals surface area contributed by atoms with Gasteiger partial charge in [-0.15, -0.1) is 0 Å². The van der Waals surface area contributed by atoms with E-state index in [9.17, 15) is 13.2 Å². The zero-order valence-electron chi connectivity index (χ0n) is 16.8. The third kappa shape index (κ3) is 5.33. The van der Waals surface area contributed by atoms with Crippen molar-refractivity contribution >= 4 is 21.6 Å². The molecule has 3 aromatic rings. The molecule has 0 radical (unpaired) electrons. The molecule has 0 saturated heterocycles. The highest BCUT2D eigenvalue weighted by Gasteiger charge is 2.18. The molecule has 0 aromatic heterocycles. The zero-order chi connectivity index (χ0) is 21.6. The maximum Gasteiger partial charge on any atom is 0.256 e. The average Bonchev–Trinajstić information content (AvgIpc) is 2.74. The van der Waals surface area contributed by atoms with Crippen molar-refractivity contribution in [1.82, 2.24) is 4.72 Å². The summed E-state index contributed by atoms with van der Waals surface area (Å²) in [5.74, 6) is -0.267. The number of carbonyl (C=O) groups excluding carboxylic acids is 1. The number of carbonyl (C=O) groups is 1. The van der Waals surface area contributed by atoms with Gasteiger partial charge in [-0.3, -0.25) is 4.79 Å². The first kappa shape index (κ1) is 21.7. The molecule has 2 N–H and O–H groups in total. The van der Waals surface area contributed by atoms with Gasteiger partial charge in [0.2, 0.25) is 10.0 Å². The number of methoxy groups -OCH3 is 1. The van der Waals surface area contributed by atoms with E-state index >= 15 is 0 Å². The molecule has 7 heteroatoms. The number of nitrogens with one attached hydrogen (secondary N) is 2. The van der Waals surface area contributed by atoms with Gasteiger partial charge < -0.3 is 10.1 Å². The van der Waals surface area contributed by atoms with Gasteiger partial charge in [0.25, 0.3) is 5.91 Å². The molecule has 3 aromatic carbocycles. The molecule has 0 aliphatic rings. The van der Waals surface area contributed by atoms with Crippen LogP contribution < -0.4 is 10.0 Å². The molecule has 0 heterocycles. The SMILES string of the molecule is COCC(C)NS(=O)(=O)c1ccc(NC(=O)c2ccccc2-c2ccccc2)cc1. The predicted octanol–water partition coefficient (Wildman–Crippen LogP) is 3.92. The minimum atomic E-state index is -3.66. The Morgan fingerprint density at radius 3 is 2.23 bits per heavy atom. The average molecular weight is 425 g/mol. The third-order valence-electron chi connectivity index (χ3n) is 4.45. The van der Waals surface area contributed by atoms with Crippen LogP contribution in [0.5, 0.6) is 0 Å². The predicted molar refractivity (Wildman–Crippen MR) is 118 cm³/mol. The molecular formula is C23H24N2O4S. The van der Waals surface area contributed by atoms with E-state index in [0.717, 1.165) is 11.1 Å². The van der Waals surface area contributed by atoms with Crippen molar-refractivity contribution in [3.63, 3.8) is 0 Å². The van der Waals surface area contributed by atoms with Crippen molar-refractivity contribution < 1.29 is 17.9 Å². The van der Waals surface area contributed by atoms with Gasteiger partial charge in [-0.25, -0.2) is 13.1 Å². The van der Waals surface area contributed by atoms with Crippen molar-refractivity contribution in [2.75, 3.05) is 19.0 Å². The number of sulfonamides is 1. The molecule has 156 valence electrons. The topological polar surface area (TPSA) is 84.5 Å². The minimum Gasteiger partial charge on any atom is -0.383 e. The number of anilines is 1. The van der Waals surface area contributed by atoms with Crippen molar-refractivity contribution in [1.29, 1.82) is 0 Å². The van der Waals surface area contributed by atoms with Crippen LogP contribution in [-0.4, -0.2) is 34.1 Å². The van der Waals surface area contributed by atoms with E-state index in [4.69, 9.17) is 4.74 Å². The van der Waals surface area contributed by atoms with Crippen molar-refractivity contribution in [2.45, 2.75) is 17.9 Å². The Morgan fingerprint density at radius 1 is 0.933 bits per heavy atom. The van der Waals surface area contributed by atoms with Crippen LogP contribution in [0, 0.1) is 0 Å². The molecular weight excluding hydrogens is 400 g/mol. The Bertz CT molecular complexity index is 1100. The van der Waals surface area contributed by atoms with E-state index in [1.807, 2.05) is 48.5 Å². The molecule has 0 aliphatic carbocycles. The highest BCUT2D eigenvalue weighted by atomic mass is 32.2. The molecule has 1 atom stereocenters. The second-order valence-corrected chi connectivity index (χ2v) is 8.58. The Hall–Kier alpha value is -3.00. The number of benzene rings is 3. The summed E-state index contributed by atoms with van der Waals surface area (Å²) in [6.07, 6.45) is 0. The lowest BCUT2D eigenvalue weighted by molar-refractivity contribution is 0.102. The maximum absolute atomic E-state index is 12.9. The van der Waals surface area contributed by atoms with Gasteiger partial charge in [0.05, 0.1) is 11.5 Å². The third-order valence-corrected chi connectivity index (χ3v) is 6.06. The van der Waals surface area contributed by atoms with Crippen molar-refractivity contribution in [3.05, 3.63) is 84.4 Å². The van der Waals surface area contributed by atoms with Gasteiger partial charge in [0.15, 0.2) is 0 Å². The fourth-order valence-electron chi connectivity index (χ4n) is 3.08. The van der Waals surface area contributed by atoms with E-state index in [0.29, 0.717) is 11.3 Å². The van der Waals surface area contributed by atoms with Crippen LogP contribution in [0.1, 0.15) is 17.3 Å². The number of ether oxygens (including phenoxy) is 1. The molecule has 0 aliphatic heterocycles. The summed E-state index contributed by atoms with van der Waals surface area (Å²) in [6.45, 7) is 1.99. The standard InChI is InChI=1S/C23H24N2O4S/c1-17(16-29-2)25-30(27,28)20-14-12-19(13-15-20)24-23(26)22-11-7-6-10-21(22)18-8-4-3-5-9-18/h3-15,17,25H,16H2,1-2H3,(H,24,26). The van der Waals surface area contributed by atoms with Crippen LogP contribution in [0.4, 0.5) is 5.69 Å². The van der Waals surface area contributed by atoms with Crippen molar-refractivity contribution in [2.24, 2.45) is 0 Å². The maximum atomic E-state index is 12.9. The van der Waals surface area contributed by atoms with E-state index in [1.165, 1.54) is 19.2 Å². The molecule has 30 heavy (non-hydrogen) atoms. The lowest BCUT2D eigenvalue weighted by Gasteiger charge is -2.14. The van der Waals surface area contributed by atoms with Crippen LogP contribution in [0.2, 0.25) is 0 Å². The molecule has 0 spiro atoms. The number of hydrogen-bond acceptors (Lipinski definition) is 4. The monoisotopic (exact) mass is 424 g/mol. The normalized spacial score (nSPS) is 12.3. The summed E-state index contributed by atoms with van der Waals surface area (Å²) >= 11 is 0. The van der Waals surface area contributed by atoms with Gasteiger partial charge in [-0.2, -0.15) is 0 Å². The molecule has 0 saturated carbocycles. The Balaban J connectivity index is 1.76. The van der Waals surface area contributed by atoms with Crippen LogP contribution >= 0.6 is 0 Å². The number of hydrogen-bond donors (Lipinski definition) is 2. The minimum absolute atomic E-state index is 0.119. The largest absolute Gasteiger partial charge is 0.383 e. The molecule has 1 amide bonds. The lowest BCUT2D eigenvalue weighted by Crippen LogP contribution is -2.35. The van der Waals surface area contributed by atoms with E-state index in [2.05, 4.69) is 10.0 Å². The van der Waals surface area contributed by atoms with Gasteiger partial charge in [-0.1, -0.05) is 48.5 Å². The van der Waals surface area contributed by atoms with Gasteiger partial charge in [0.1, 0.15) is 0 Å². The molecule has 6 nitrogen and oxygen atoms in total. The van der Waals surface area contributed by atoms with E-state index in [-0.39, 0.29) is 23.5 Å². The van der Waals surface area contributed by atoms with Gasteiger partial charge in [0, 0.05) is 24.4 Å². The van der Waals surface area contributed by atoms with E-state index < -0.39 is 10.0 Å². The second-order valence-electron chi connectivity index (χ2n) is 6.87. The molecule has 0 bridgehead atoms. The van der Waals surface area contributed by atoms with Gasteiger partial charge in [-0.05, 0) is 48.4 Å².